The van der Waals surface area contributed by atoms with Gasteiger partial charge in [-0.1, -0.05) is 30.3 Å². The van der Waals surface area contributed by atoms with Gasteiger partial charge in [-0.3, -0.25) is 0 Å². The number of hydrogen-bond acceptors (Lipinski definition) is 3. The molecular formula is C13H10BrN3O. The van der Waals surface area contributed by atoms with Gasteiger partial charge in [-0.2, -0.15) is 10.1 Å². The van der Waals surface area contributed by atoms with Crippen molar-refractivity contribution in [1.29, 1.82) is 0 Å². The summed E-state index contributed by atoms with van der Waals surface area (Å²) in [4.78, 5) is 4.16. The molecule has 0 aliphatic carbocycles. The summed E-state index contributed by atoms with van der Waals surface area (Å²) in [6.45, 7) is 0.496. The van der Waals surface area contributed by atoms with Gasteiger partial charge in [-0.05, 0) is 33.6 Å². The number of rotatable bonds is 3. The molecule has 0 spiro atoms. The van der Waals surface area contributed by atoms with Crippen LogP contribution in [0.15, 0.2) is 53.4 Å². The SMILES string of the molecule is Brc1ccc2c(OCc3ccccc3)ncnn12. The Kier molecular flexibility index (Phi) is 2.98. The second-order valence-electron chi connectivity index (χ2n) is 3.79. The van der Waals surface area contributed by atoms with Crippen LogP contribution in [0.3, 0.4) is 0 Å². The molecule has 90 valence electrons. The van der Waals surface area contributed by atoms with Crippen molar-refractivity contribution >= 4 is 21.4 Å². The fraction of sp³-hybridized carbons (Fsp3) is 0.0769. The molecule has 0 aliphatic rings. The van der Waals surface area contributed by atoms with E-state index in [1.54, 1.807) is 4.52 Å². The summed E-state index contributed by atoms with van der Waals surface area (Å²) in [5.41, 5.74) is 1.96. The van der Waals surface area contributed by atoms with Gasteiger partial charge in [-0.25, -0.2) is 4.52 Å². The predicted octanol–water partition coefficient (Wildman–Crippen LogP) is 3.07. The van der Waals surface area contributed by atoms with Crippen LogP contribution in [0, 0.1) is 0 Å². The van der Waals surface area contributed by atoms with Crippen LogP contribution in [0.2, 0.25) is 0 Å². The molecule has 4 nitrogen and oxygen atoms in total. The average molecular weight is 304 g/mol. The van der Waals surface area contributed by atoms with Crippen molar-refractivity contribution in [3.63, 3.8) is 0 Å². The summed E-state index contributed by atoms with van der Waals surface area (Å²) < 4.78 is 8.35. The summed E-state index contributed by atoms with van der Waals surface area (Å²) in [6.07, 6.45) is 1.48. The van der Waals surface area contributed by atoms with Crippen molar-refractivity contribution in [2.75, 3.05) is 0 Å². The van der Waals surface area contributed by atoms with Crippen molar-refractivity contribution in [2.45, 2.75) is 6.61 Å². The summed E-state index contributed by atoms with van der Waals surface area (Å²) in [5.74, 6) is 0.583. The van der Waals surface area contributed by atoms with E-state index >= 15 is 0 Å². The summed E-state index contributed by atoms with van der Waals surface area (Å²) in [5, 5.41) is 4.14. The largest absolute Gasteiger partial charge is 0.471 e. The first-order valence-corrected chi connectivity index (χ1v) is 6.29. The Morgan fingerprint density at radius 2 is 1.94 bits per heavy atom. The molecule has 18 heavy (non-hydrogen) atoms. The summed E-state index contributed by atoms with van der Waals surface area (Å²) in [6, 6.07) is 13.8. The standard InChI is InChI=1S/C13H10BrN3O/c14-12-7-6-11-13(15-9-16-17(11)12)18-8-10-4-2-1-3-5-10/h1-7,9H,8H2. The maximum atomic E-state index is 5.73. The van der Waals surface area contributed by atoms with Gasteiger partial charge in [0.2, 0.25) is 5.88 Å². The molecule has 5 heteroatoms. The monoisotopic (exact) mass is 303 g/mol. The highest BCUT2D eigenvalue weighted by atomic mass is 79.9. The molecule has 0 bridgehead atoms. The number of nitrogens with zero attached hydrogens (tertiary/aromatic N) is 3. The topological polar surface area (TPSA) is 39.4 Å². The molecule has 3 aromatic rings. The fourth-order valence-electron chi connectivity index (χ4n) is 1.72. The smallest absolute Gasteiger partial charge is 0.241 e. The van der Waals surface area contributed by atoms with E-state index in [0.717, 1.165) is 15.7 Å². The van der Waals surface area contributed by atoms with E-state index in [0.29, 0.717) is 12.5 Å². The molecule has 1 aromatic carbocycles. The first-order chi connectivity index (χ1) is 8.84. The Morgan fingerprint density at radius 1 is 1.11 bits per heavy atom. The fourth-order valence-corrected chi connectivity index (χ4v) is 2.13. The number of benzene rings is 1. The molecule has 3 rings (SSSR count). The van der Waals surface area contributed by atoms with Crippen molar-refractivity contribution < 1.29 is 4.74 Å². The molecule has 0 radical (unpaired) electrons. The van der Waals surface area contributed by atoms with E-state index in [4.69, 9.17) is 4.74 Å². The van der Waals surface area contributed by atoms with Crippen LogP contribution in [0.1, 0.15) is 5.56 Å². The molecule has 0 atom stereocenters. The highest BCUT2D eigenvalue weighted by molar-refractivity contribution is 9.10. The van der Waals surface area contributed by atoms with Crippen LogP contribution in [0.5, 0.6) is 5.88 Å². The quantitative estimate of drug-likeness (QED) is 0.746. The number of halogens is 1. The van der Waals surface area contributed by atoms with Crippen molar-refractivity contribution in [3.05, 3.63) is 59.0 Å². The van der Waals surface area contributed by atoms with Crippen LogP contribution < -0.4 is 4.74 Å². The first-order valence-electron chi connectivity index (χ1n) is 5.49. The molecule has 0 saturated heterocycles. The summed E-state index contributed by atoms with van der Waals surface area (Å²) in [7, 11) is 0. The molecule has 2 aromatic heterocycles. The van der Waals surface area contributed by atoms with Crippen LogP contribution in [-0.2, 0) is 6.61 Å². The Bertz CT molecular complexity index is 666. The molecule has 2 heterocycles. The molecule has 0 saturated carbocycles. The summed E-state index contributed by atoms with van der Waals surface area (Å²) >= 11 is 3.41. The van der Waals surface area contributed by atoms with E-state index in [1.165, 1.54) is 6.33 Å². The van der Waals surface area contributed by atoms with E-state index in [-0.39, 0.29) is 0 Å². The van der Waals surface area contributed by atoms with Crippen LogP contribution in [0.4, 0.5) is 0 Å². The van der Waals surface area contributed by atoms with Gasteiger partial charge in [0.25, 0.3) is 0 Å². The van der Waals surface area contributed by atoms with Gasteiger partial charge in [0.1, 0.15) is 23.1 Å². The highest BCUT2D eigenvalue weighted by Gasteiger charge is 2.07. The maximum absolute atomic E-state index is 5.73. The van der Waals surface area contributed by atoms with Gasteiger partial charge in [0.05, 0.1) is 0 Å². The van der Waals surface area contributed by atoms with Gasteiger partial charge in [0.15, 0.2) is 0 Å². The zero-order chi connectivity index (χ0) is 12.4. The molecule has 0 unspecified atom stereocenters. The highest BCUT2D eigenvalue weighted by Crippen LogP contribution is 2.21. The molecule has 0 aliphatic heterocycles. The average Bonchev–Trinajstić information content (AvgIpc) is 2.80. The minimum atomic E-state index is 0.496. The maximum Gasteiger partial charge on any atom is 0.241 e. The second kappa shape index (κ2) is 4.78. The van der Waals surface area contributed by atoms with E-state index < -0.39 is 0 Å². The first kappa shape index (κ1) is 11.2. The minimum Gasteiger partial charge on any atom is -0.471 e. The Morgan fingerprint density at radius 3 is 2.78 bits per heavy atom. The zero-order valence-corrected chi connectivity index (χ0v) is 11.0. The third kappa shape index (κ3) is 2.09. The Labute approximate surface area is 112 Å². The minimum absolute atomic E-state index is 0.496. The zero-order valence-electron chi connectivity index (χ0n) is 9.45. The van der Waals surface area contributed by atoms with E-state index in [9.17, 15) is 0 Å². The number of aromatic nitrogens is 3. The lowest BCUT2D eigenvalue weighted by Gasteiger charge is -2.06. The normalized spacial score (nSPS) is 10.7. The lowest BCUT2D eigenvalue weighted by molar-refractivity contribution is 0.295. The van der Waals surface area contributed by atoms with Crippen LogP contribution >= 0.6 is 15.9 Å². The lowest BCUT2D eigenvalue weighted by atomic mass is 10.2. The number of ether oxygens (including phenoxy) is 1. The van der Waals surface area contributed by atoms with E-state index in [1.807, 2.05) is 42.5 Å². The Balaban J connectivity index is 1.87. The van der Waals surface area contributed by atoms with Gasteiger partial charge >= 0.3 is 0 Å². The van der Waals surface area contributed by atoms with Crippen LogP contribution in [-0.4, -0.2) is 14.6 Å². The lowest BCUT2D eigenvalue weighted by Crippen LogP contribution is -2.01. The van der Waals surface area contributed by atoms with Gasteiger partial charge in [0, 0.05) is 0 Å². The second-order valence-corrected chi connectivity index (χ2v) is 4.61. The number of fused-ring (bicyclic) bond motifs is 1. The molecular weight excluding hydrogens is 294 g/mol. The Hall–Kier alpha value is -1.88. The number of hydrogen-bond donors (Lipinski definition) is 0. The third-order valence-electron chi connectivity index (χ3n) is 2.59. The molecule has 0 fully saturated rings. The van der Waals surface area contributed by atoms with Crippen LogP contribution in [0.25, 0.3) is 5.52 Å². The van der Waals surface area contributed by atoms with E-state index in [2.05, 4.69) is 26.0 Å². The predicted molar refractivity (Wildman–Crippen MR) is 71.5 cm³/mol. The third-order valence-corrected chi connectivity index (χ3v) is 3.19. The van der Waals surface area contributed by atoms with Crippen molar-refractivity contribution in [2.24, 2.45) is 0 Å². The molecule has 0 amide bonds. The van der Waals surface area contributed by atoms with Crippen molar-refractivity contribution in [3.8, 4) is 5.88 Å². The van der Waals surface area contributed by atoms with Gasteiger partial charge in [-0.15, -0.1) is 0 Å². The molecule has 0 N–H and O–H groups in total. The van der Waals surface area contributed by atoms with Crippen molar-refractivity contribution in [1.82, 2.24) is 14.6 Å². The van der Waals surface area contributed by atoms with Gasteiger partial charge < -0.3 is 4.74 Å².